The van der Waals surface area contributed by atoms with Gasteiger partial charge in [0.25, 0.3) is 5.91 Å². The van der Waals surface area contributed by atoms with E-state index in [1.165, 1.54) is 24.4 Å². The van der Waals surface area contributed by atoms with Crippen LogP contribution in [-0.4, -0.2) is 42.2 Å². The Labute approximate surface area is 162 Å². The number of rotatable bonds is 7. The summed E-state index contributed by atoms with van der Waals surface area (Å²) in [6.07, 6.45) is 1.22. The molecule has 0 radical (unpaired) electrons. The predicted octanol–water partition coefficient (Wildman–Crippen LogP) is 2.28. The average molecular weight is 398 g/mol. The molecule has 144 valence electrons. The van der Waals surface area contributed by atoms with E-state index in [1.807, 2.05) is 0 Å². The van der Waals surface area contributed by atoms with Crippen molar-refractivity contribution in [2.75, 3.05) is 5.75 Å². The molecule has 3 aromatic rings. The molecule has 0 fully saturated rings. The maximum absolute atomic E-state index is 12.6. The molecule has 0 aliphatic carbocycles. The maximum Gasteiger partial charge on any atom is 0.326 e. The number of aromatic nitrogens is 1. The van der Waals surface area contributed by atoms with Gasteiger partial charge >= 0.3 is 5.97 Å². The Morgan fingerprint density at radius 1 is 1.00 bits per heavy atom. The summed E-state index contributed by atoms with van der Waals surface area (Å²) in [7, 11) is -3.65. The first kappa shape index (κ1) is 19.5. The number of carboxylic acid groups (broad SMARTS) is 1. The fraction of sp³-hybridized carbons (Fsp3) is 0.150. The molecule has 28 heavy (non-hydrogen) atoms. The summed E-state index contributed by atoms with van der Waals surface area (Å²) in [6, 6.07) is 14.9. The number of carboxylic acids is 1. The van der Waals surface area contributed by atoms with E-state index in [1.54, 1.807) is 42.5 Å². The van der Waals surface area contributed by atoms with Crippen molar-refractivity contribution in [3.8, 4) is 0 Å². The average Bonchev–Trinajstić information content (AvgIpc) is 2.71. The zero-order valence-electron chi connectivity index (χ0n) is 14.8. The highest BCUT2D eigenvalue weighted by atomic mass is 32.2. The molecule has 0 bridgehead atoms. The van der Waals surface area contributed by atoms with Crippen molar-refractivity contribution >= 4 is 32.6 Å². The Morgan fingerprint density at radius 2 is 1.68 bits per heavy atom. The highest BCUT2D eigenvalue weighted by Gasteiger charge is 2.25. The minimum absolute atomic E-state index is 0.116. The van der Waals surface area contributed by atoms with E-state index in [9.17, 15) is 23.1 Å². The van der Waals surface area contributed by atoms with Gasteiger partial charge in [-0.3, -0.25) is 9.78 Å². The van der Waals surface area contributed by atoms with Gasteiger partial charge in [-0.2, -0.15) is 0 Å². The molecule has 0 saturated heterocycles. The number of nitrogens with one attached hydrogen (secondary N) is 1. The molecule has 0 saturated carbocycles. The number of fused-ring (bicyclic) bond motifs is 1. The number of hydrogen-bond acceptors (Lipinski definition) is 5. The Morgan fingerprint density at radius 3 is 2.39 bits per heavy atom. The number of hydrogen-bond donors (Lipinski definition) is 2. The molecule has 0 spiro atoms. The van der Waals surface area contributed by atoms with E-state index in [0.29, 0.717) is 10.9 Å². The van der Waals surface area contributed by atoms with Crippen LogP contribution in [0.5, 0.6) is 0 Å². The van der Waals surface area contributed by atoms with Crippen molar-refractivity contribution in [3.05, 3.63) is 72.4 Å². The van der Waals surface area contributed by atoms with E-state index in [4.69, 9.17) is 0 Å². The van der Waals surface area contributed by atoms with Crippen LogP contribution in [0.4, 0.5) is 0 Å². The summed E-state index contributed by atoms with van der Waals surface area (Å²) in [4.78, 5) is 28.5. The van der Waals surface area contributed by atoms with Crippen LogP contribution in [0.15, 0.2) is 71.8 Å². The van der Waals surface area contributed by atoms with Crippen molar-refractivity contribution < 1.29 is 23.1 Å². The maximum atomic E-state index is 12.6. The van der Waals surface area contributed by atoms with Crippen molar-refractivity contribution in [1.82, 2.24) is 10.3 Å². The molecule has 2 aromatic carbocycles. The minimum Gasteiger partial charge on any atom is -0.480 e. The number of amides is 1. The van der Waals surface area contributed by atoms with Gasteiger partial charge in [0.2, 0.25) is 0 Å². The second-order valence-corrected chi connectivity index (χ2v) is 8.27. The van der Waals surface area contributed by atoms with Gasteiger partial charge in [-0.05, 0) is 30.7 Å². The summed E-state index contributed by atoms with van der Waals surface area (Å²) < 4.78 is 24.8. The van der Waals surface area contributed by atoms with Crippen molar-refractivity contribution in [2.24, 2.45) is 0 Å². The Balaban J connectivity index is 1.76. The number of carbonyl (C=O) groups excluding carboxylic acids is 1. The van der Waals surface area contributed by atoms with Crippen LogP contribution in [0.1, 0.15) is 16.8 Å². The summed E-state index contributed by atoms with van der Waals surface area (Å²) in [5.74, 6) is -2.29. The van der Waals surface area contributed by atoms with Gasteiger partial charge < -0.3 is 10.4 Å². The molecule has 0 aliphatic heterocycles. The van der Waals surface area contributed by atoms with E-state index in [2.05, 4.69) is 10.3 Å². The van der Waals surface area contributed by atoms with Crippen molar-refractivity contribution in [1.29, 1.82) is 0 Å². The highest BCUT2D eigenvalue weighted by Crippen LogP contribution is 2.17. The number of sulfone groups is 1. The third-order valence-corrected chi connectivity index (χ3v) is 6.04. The molecule has 0 aliphatic rings. The van der Waals surface area contributed by atoms with Gasteiger partial charge in [-0.1, -0.05) is 36.4 Å². The Hall–Kier alpha value is -3.26. The molecule has 1 amide bonds. The van der Waals surface area contributed by atoms with Gasteiger partial charge in [-0.15, -0.1) is 0 Å². The number of pyridine rings is 1. The lowest BCUT2D eigenvalue weighted by Gasteiger charge is -2.15. The number of para-hydroxylation sites is 1. The second-order valence-electron chi connectivity index (χ2n) is 6.16. The zero-order valence-corrected chi connectivity index (χ0v) is 15.6. The van der Waals surface area contributed by atoms with Gasteiger partial charge in [0.15, 0.2) is 9.84 Å². The van der Waals surface area contributed by atoms with Gasteiger partial charge in [0, 0.05) is 11.6 Å². The quantitative estimate of drug-likeness (QED) is 0.631. The van der Waals surface area contributed by atoms with E-state index >= 15 is 0 Å². The van der Waals surface area contributed by atoms with E-state index in [0.717, 1.165) is 0 Å². The van der Waals surface area contributed by atoms with Crippen molar-refractivity contribution in [3.63, 3.8) is 0 Å². The lowest BCUT2D eigenvalue weighted by Crippen LogP contribution is -2.42. The Kier molecular flexibility index (Phi) is 5.70. The molecule has 3 rings (SSSR count). The number of carbonyl (C=O) groups is 2. The van der Waals surface area contributed by atoms with E-state index < -0.39 is 33.5 Å². The van der Waals surface area contributed by atoms with Gasteiger partial charge in [-0.25, -0.2) is 13.2 Å². The monoisotopic (exact) mass is 398 g/mol. The van der Waals surface area contributed by atoms with Crippen LogP contribution in [0, 0.1) is 0 Å². The van der Waals surface area contributed by atoms with Crippen molar-refractivity contribution in [2.45, 2.75) is 17.4 Å². The van der Waals surface area contributed by atoms with E-state index in [-0.39, 0.29) is 16.9 Å². The zero-order chi connectivity index (χ0) is 20.1. The van der Waals surface area contributed by atoms with Gasteiger partial charge in [0.05, 0.1) is 21.7 Å². The highest BCUT2D eigenvalue weighted by molar-refractivity contribution is 7.91. The largest absolute Gasteiger partial charge is 0.480 e. The SMILES string of the molecule is O=C(N[C@H](CCS(=O)(=O)c1ccccc1)C(=O)O)c1ccnc2ccccc12. The normalized spacial score (nSPS) is 12.4. The summed E-state index contributed by atoms with van der Waals surface area (Å²) in [6.45, 7) is 0. The summed E-state index contributed by atoms with van der Waals surface area (Å²) in [5.41, 5.74) is 0.886. The summed E-state index contributed by atoms with van der Waals surface area (Å²) in [5, 5.41) is 12.4. The summed E-state index contributed by atoms with van der Waals surface area (Å²) >= 11 is 0. The molecular weight excluding hydrogens is 380 g/mol. The van der Waals surface area contributed by atoms with Crippen LogP contribution in [0.25, 0.3) is 10.9 Å². The first-order chi connectivity index (χ1) is 13.4. The fourth-order valence-electron chi connectivity index (χ4n) is 2.81. The van der Waals surface area contributed by atoms with Crippen LogP contribution in [0.2, 0.25) is 0 Å². The molecule has 7 nitrogen and oxygen atoms in total. The van der Waals surface area contributed by atoms with Crippen LogP contribution < -0.4 is 5.32 Å². The third-order valence-electron chi connectivity index (χ3n) is 4.27. The molecular formula is C20H18N2O5S. The number of benzene rings is 2. The molecule has 8 heteroatoms. The first-order valence-corrected chi connectivity index (χ1v) is 10.2. The number of nitrogens with zero attached hydrogens (tertiary/aromatic N) is 1. The smallest absolute Gasteiger partial charge is 0.326 e. The van der Waals surface area contributed by atoms with Crippen LogP contribution in [-0.2, 0) is 14.6 Å². The first-order valence-electron chi connectivity index (χ1n) is 8.54. The molecule has 2 N–H and O–H groups in total. The number of aliphatic carboxylic acids is 1. The lowest BCUT2D eigenvalue weighted by molar-refractivity contribution is -0.139. The Bertz CT molecular complexity index is 1110. The van der Waals surface area contributed by atoms with Crippen LogP contribution >= 0.6 is 0 Å². The fourth-order valence-corrected chi connectivity index (χ4v) is 4.16. The molecule has 1 heterocycles. The topological polar surface area (TPSA) is 113 Å². The molecule has 1 aromatic heterocycles. The lowest BCUT2D eigenvalue weighted by atomic mass is 10.1. The molecule has 0 unspecified atom stereocenters. The molecule has 1 atom stereocenters. The third kappa shape index (κ3) is 4.34. The van der Waals surface area contributed by atoms with Gasteiger partial charge in [0.1, 0.15) is 6.04 Å². The second kappa shape index (κ2) is 8.18. The standard InChI is InChI=1S/C20H18N2O5S/c23-19(16-10-12-21-17-9-5-4-8-15(16)17)22-18(20(24)25)11-13-28(26,27)14-6-2-1-3-7-14/h1-10,12,18H,11,13H2,(H,22,23)(H,24,25)/t18-/m1/s1. The minimum atomic E-state index is -3.65. The van der Waals surface area contributed by atoms with Crippen LogP contribution in [0.3, 0.4) is 0 Å². The predicted molar refractivity (Wildman–Crippen MR) is 104 cm³/mol.